The Morgan fingerprint density at radius 2 is 2.20 bits per heavy atom. The number of nitrogens with one attached hydrogen (secondary N) is 1. The minimum atomic E-state index is -0.0890. The number of aromatic nitrogens is 2. The molecule has 1 rings (SSSR count). The van der Waals surface area contributed by atoms with Gasteiger partial charge in [-0.2, -0.15) is 0 Å². The first-order chi connectivity index (χ1) is 6.99. The Morgan fingerprint density at radius 1 is 1.53 bits per heavy atom. The summed E-state index contributed by atoms with van der Waals surface area (Å²) in [5.41, 5.74) is -0.0890. The molecule has 0 bridgehead atoms. The smallest absolute Gasteiger partial charge is 0.252 e. The topological polar surface area (TPSA) is 49.0 Å². The Bertz CT molecular complexity index is 370. The molecule has 1 aromatic rings. The third-order valence-electron chi connectivity index (χ3n) is 2.28. The predicted octanol–water partition coefficient (Wildman–Crippen LogP) is 1.56. The molecular weight excluding hydrogens is 190 g/mol. The van der Waals surface area contributed by atoms with Crippen molar-refractivity contribution in [3.8, 4) is 0 Å². The zero-order valence-corrected chi connectivity index (χ0v) is 9.87. The van der Waals surface area contributed by atoms with E-state index in [0.717, 1.165) is 18.8 Å². The van der Waals surface area contributed by atoms with Gasteiger partial charge in [-0.15, -0.1) is 0 Å². The Balaban J connectivity index is 2.73. The molecule has 15 heavy (non-hydrogen) atoms. The van der Waals surface area contributed by atoms with Gasteiger partial charge in [-0.25, -0.2) is 4.98 Å². The monoisotopic (exact) mass is 209 g/mol. The van der Waals surface area contributed by atoms with Crippen LogP contribution in [0, 0.1) is 12.8 Å². The largest absolute Gasteiger partial charge is 0.359 e. The van der Waals surface area contributed by atoms with Gasteiger partial charge in [0.25, 0.3) is 5.56 Å². The van der Waals surface area contributed by atoms with Crippen molar-refractivity contribution in [2.75, 3.05) is 18.5 Å². The maximum absolute atomic E-state index is 11.2. The molecule has 4 heteroatoms. The van der Waals surface area contributed by atoms with Gasteiger partial charge in [0.1, 0.15) is 11.6 Å². The van der Waals surface area contributed by atoms with Crippen molar-refractivity contribution in [3.63, 3.8) is 0 Å². The van der Waals surface area contributed by atoms with Crippen LogP contribution in [0.2, 0.25) is 0 Å². The number of H-pyrrole nitrogens is 1. The molecule has 0 spiro atoms. The number of hydrogen-bond acceptors (Lipinski definition) is 3. The second kappa shape index (κ2) is 4.96. The van der Waals surface area contributed by atoms with Crippen molar-refractivity contribution in [1.82, 2.24) is 9.97 Å². The molecule has 0 saturated heterocycles. The molecule has 4 nitrogen and oxygen atoms in total. The van der Waals surface area contributed by atoms with E-state index in [1.54, 1.807) is 6.92 Å². The average Bonchev–Trinajstić information content (AvgIpc) is 2.12. The number of nitrogens with zero attached hydrogens (tertiary/aromatic N) is 2. The molecule has 0 aromatic carbocycles. The van der Waals surface area contributed by atoms with Gasteiger partial charge < -0.3 is 9.88 Å². The van der Waals surface area contributed by atoms with E-state index in [9.17, 15) is 4.79 Å². The Morgan fingerprint density at radius 3 is 2.73 bits per heavy atom. The van der Waals surface area contributed by atoms with Crippen LogP contribution in [0.3, 0.4) is 0 Å². The van der Waals surface area contributed by atoms with Crippen molar-refractivity contribution in [1.29, 1.82) is 0 Å². The minimum Gasteiger partial charge on any atom is -0.359 e. The lowest BCUT2D eigenvalue weighted by Crippen LogP contribution is -2.23. The SMILES string of the molecule is Cc1nc(N(C)CCC(C)C)cc(=O)[nH]1. The van der Waals surface area contributed by atoms with Crippen molar-refractivity contribution in [2.45, 2.75) is 27.2 Å². The minimum absolute atomic E-state index is 0.0890. The van der Waals surface area contributed by atoms with Crippen LogP contribution in [-0.4, -0.2) is 23.6 Å². The van der Waals surface area contributed by atoms with E-state index in [0.29, 0.717) is 11.7 Å². The second-order valence-corrected chi connectivity index (χ2v) is 4.29. The van der Waals surface area contributed by atoms with Crippen molar-refractivity contribution in [3.05, 3.63) is 22.2 Å². The van der Waals surface area contributed by atoms with Crippen LogP contribution in [0.1, 0.15) is 26.1 Å². The van der Waals surface area contributed by atoms with Crippen molar-refractivity contribution in [2.24, 2.45) is 5.92 Å². The molecule has 0 amide bonds. The number of rotatable bonds is 4. The highest BCUT2D eigenvalue weighted by Gasteiger charge is 2.05. The summed E-state index contributed by atoms with van der Waals surface area (Å²) in [4.78, 5) is 20.2. The zero-order valence-electron chi connectivity index (χ0n) is 9.87. The Kier molecular flexibility index (Phi) is 3.88. The molecule has 84 valence electrons. The lowest BCUT2D eigenvalue weighted by molar-refractivity contribution is 0.583. The number of hydrogen-bond donors (Lipinski definition) is 1. The van der Waals surface area contributed by atoms with Gasteiger partial charge in [0.15, 0.2) is 0 Å². The summed E-state index contributed by atoms with van der Waals surface area (Å²) < 4.78 is 0. The molecule has 0 aliphatic carbocycles. The van der Waals surface area contributed by atoms with Gasteiger partial charge in [0.05, 0.1) is 0 Å². The third kappa shape index (κ3) is 3.73. The van der Waals surface area contributed by atoms with Crippen LogP contribution in [-0.2, 0) is 0 Å². The summed E-state index contributed by atoms with van der Waals surface area (Å²) in [7, 11) is 1.96. The quantitative estimate of drug-likeness (QED) is 0.818. The van der Waals surface area contributed by atoms with Gasteiger partial charge >= 0.3 is 0 Å². The maximum atomic E-state index is 11.2. The van der Waals surface area contributed by atoms with E-state index < -0.39 is 0 Å². The lowest BCUT2D eigenvalue weighted by atomic mass is 10.1. The van der Waals surface area contributed by atoms with Crippen LogP contribution >= 0.6 is 0 Å². The first-order valence-electron chi connectivity index (χ1n) is 5.28. The maximum Gasteiger partial charge on any atom is 0.252 e. The standard InChI is InChI=1S/C11H19N3O/c1-8(2)5-6-14(4)10-7-11(15)13-9(3)12-10/h7-8H,5-6H2,1-4H3,(H,12,13,15). The molecular formula is C11H19N3O. The van der Waals surface area contributed by atoms with Gasteiger partial charge in [0.2, 0.25) is 0 Å². The fourth-order valence-electron chi connectivity index (χ4n) is 1.33. The van der Waals surface area contributed by atoms with Crippen LogP contribution in [0.25, 0.3) is 0 Å². The molecule has 1 heterocycles. The van der Waals surface area contributed by atoms with E-state index in [-0.39, 0.29) is 5.56 Å². The lowest BCUT2D eigenvalue weighted by Gasteiger charge is -2.19. The molecule has 1 aromatic heterocycles. The van der Waals surface area contributed by atoms with Gasteiger partial charge in [-0.1, -0.05) is 13.8 Å². The number of aromatic amines is 1. The van der Waals surface area contributed by atoms with Crippen LogP contribution in [0.15, 0.2) is 10.9 Å². The predicted molar refractivity (Wildman–Crippen MR) is 62.3 cm³/mol. The zero-order chi connectivity index (χ0) is 11.4. The van der Waals surface area contributed by atoms with Crippen LogP contribution < -0.4 is 10.5 Å². The first kappa shape index (κ1) is 11.8. The van der Waals surface area contributed by atoms with E-state index in [2.05, 4.69) is 23.8 Å². The summed E-state index contributed by atoms with van der Waals surface area (Å²) in [6, 6.07) is 1.54. The highest BCUT2D eigenvalue weighted by molar-refractivity contribution is 5.35. The first-order valence-corrected chi connectivity index (χ1v) is 5.28. The van der Waals surface area contributed by atoms with E-state index >= 15 is 0 Å². The molecule has 0 radical (unpaired) electrons. The molecule has 0 aliphatic heterocycles. The summed E-state index contributed by atoms with van der Waals surface area (Å²) in [6.45, 7) is 7.09. The average molecular weight is 209 g/mol. The summed E-state index contributed by atoms with van der Waals surface area (Å²) >= 11 is 0. The summed E-state index contributed by atoms with van der Waals surface area (Å²) in [5.74, 6) is 2.07. The van der Waals surface area contributed by atoms with E-state index in [4.69, 9.17) is 0 Å². The van der Waals surface area contributed by atoms with Crippen molar-refractivity contribution < 1.29 is 0 Å². The molecule has 0 unspecified atom stereocenters. The molecule has 1 N–H and O–H groups in total. The fraction of sp³-hybridized carbons (Fsp3) is 0.636. The third-order valence-corrected chi connectivity index (χ3v) is 2.28. The van der Waals surface area contributed by atoms with Crippen LogP contribution in [0.5, 0.6) is 0 Å². The highest BCUT2D eigenvalue weighted by Crippen LogP contribution is 2.08. The van der Waals surface area contributed by atoms with E-state index in [1.807, 2.05) is 11.9 Å². The van der Waals surface area contributed by atoms with Gasteiger partial charge in [-0.3, -0.25) is 4.79 Å². The molecule has 0 aliphatic rings. The Hall–Kier alpha value is -1.32. The number of anilines is 1. The fourth-order valence-corrected chi connectivity index (χ4v) is 1.33. The molecule has 0 saturated carbocycles. The normalized spacial score (nSPS) is 10.7. The summed E-state index contributed by atoms with van der Waals surface area (Å²) in [6.07, 6.45) is 1.10. The molecule has 0 atom stereocenters. The number of aryl methyl sites for hydroxylation is 1. The summed E-state index contributed by atoms with van der Waals surface area (Å²) in [5, 5.41) is 0. The van der Waals surface area contributed by atoms with Crippen molar-refractivity contribution >= 4 is 5.82 Å². The highest BCUT2D eigenvalue weighted by atomic mass is 16.1. The second-order valence-electron chi connectivity index (χ2n) is 4.29. The van der Waals surface area contributed by atoms with E-state index in [1.165, 1.54) is 6.07 Å². The van der Waals surface area contributed by atoms with Gasteiger partial charge in [0, 0.05) is 19.7 Å². The van der Waals surface area contributed by atoms with Gasteiger partial charge in [-0.05, 0) is 19.3 Å². The Labute approximate surface area is 90.3 Å². The molecule has 0 fully saturated rings. The van der Waals surface area contributed by atoms with Crippen LogP contribution in [0.4, 0.5) is 5.82 Å².